The van der Waals surface area contributed by atoms with Gasteiger partial charge < -0.3 is 15.4 Å². The second kappa shape index (κ2) is 8.13. The Bertz CT molecular complexity index is 224. The van der Waals surface area contributed by atoms with Crippen molar-refractivity contribution in [3.63, 3.8) is 0 Å². The van der Waals surface area contributed by atoms with E-state index in [0.717, 1.165) is 51.9 Å². The number of rotatable bonds is 5. The van der Waals surface area contributed by atoms with Crippen molar-refractivity contribution in [2.45, 2.75) is 0 Å². The van der Waals surface area contributed by atoms with E-state index in [4.69, 9.17) is 4.74 Å². The molecule has 1 aliphatic heterocycles. The van der Waals surface area contributed by atoms with Crippen molar-refractivity contribution >= 4 is 5.96 Å². The van der Waals surface area contributed by atoms with E-state index in [1.54, 1.807) is 7.05 Å². The number of ether oxygens (including phenoxy) is 1. The van der Waals surface area contributed by atoms with E-state index in [1.807, 2.05) is 6.08 Å². The third-order valence-corrected chi connectivity index (χ3v) is 2.46. The van der Waals surface area contributed by atoms with E-state index in [1.165, 1.54) is 0 Å². The minimum absolute atomic E-state index is 0.733. The van der Waals surface area contributed by atoms with E-state index < -0.39 is 0 Å². The van der Waals surface area contributed by atoms with Crippen molar-refractivity contribution in [3.8, 4) is 0 Å². The predicted molar refractivity (Wildman–Crippen MR) is 66.8 cm³/mol. The number of aliphatic imine (C=N–C) groups is 1. The van der Waals surface area contributed by atoms with E-state index in [2.05, 4.69) is 27.1 Å². The van der Waals surface area contributed by atoms with Gasteiger partial charge in [-0.2, -0.15) is 0 Å². The topological polar surface area (TPSA) is 48.9 Å². The minimum atomic E-state index is 0.733. The van der Waals surface area contributed by atoms with Gasteiger partial charge >= 0.3 is 0 Å². The van der Waals surface area contributed by atoms with Crippen LogP contribution >= 0.6 is 0 Å². The van der Waals surface area contributed by atoms with E-state index in [9.17, 15) is 0 Å². The monoisotopic (exact) mass is 226 g/mol. The Labute approximate surface area is 97.6 Å². The Balaban J connectivity index is 2.10. The molecule has 0 saturated carbocycles. The Hall–Kier alpha value is -1.07. The molecule has 0 aromatic carbocycles. The van der Waals surface area contributed by atoms with Crippen LogP contribution in [0.4, 0.5) is 0 Å². The number of nitrogens with zero attached hydrogens (tertiary/aromatic N) is 2. The molecule has 1 heterocycles. The van der Waals surface area contributed by atoms with Crippen LogP contribution < -0.4 is 10.6 Å². The molecule has 0 aromatic rings. The second-order valence-electron chi connectivity index (χ2n) is 3.62. The molecular weight excluding hydrogens is 204 g/mol. The zero-order chi connectivity index (χ0) is 11.6. The zero-order valence-corrected chi connectivity index (χ0v) is 10.0. The summed E-state index contributed by atoms with van der Waals surface area (Å²) < 4.78 is 5.29. The summed E-state index contributed by atoms with van der Waals surface area (Å²) in [5.41, 5.74) is 0. The fourth-order valence-electron chi connectivity index (χ4n) is 1.55. The molecule has 92 valence electrons. The van der Waals surface area contributed by atoms with Gasteiger partial charge in [0.2, 0.25) is 0 Å². The van der Waals surface area contributed by atoms with Gasteiger partial charge in [0.15, 0.2) is 5.96 Å². The van der Waals surface area contributed by atoms with Crippen LogP contribution in [0.25, 0.3) is 0 Å². The molecule has 1 fully saturated rings. The highest BCUT2D eigenvalue weighted by atomic mass is 16.5. The van der Waals surface area contributed by atoms with Crippen LogP contribution in [0, 0.1) is 0 Å². The van der Waals surface area contributed by atoms with Gasteiger partial charge in [-0.25, -0.2) is 0 Å². The molecule has 0 bridgehead atoms. The van der Waals surface area contributed by atoms with Crippen molar-refractivity contribution in [3.05, 3.63) is 12.7 Å². The Morgan fingerprint density at radius 2 is 2.19 bits per heavy atom. The molecule has 16 heavy (non-hydrogen) atoms. The Morgan fingerprint density at radius 3 is 2.81 bits per heavy atom. The lowest BCUT2D eigenvalue weighted by atomic mass is 10.4. The second-order valence-corrected chi connectivity index (χ2v) is 3.62. The predicted octanol–water partition coefficient (Wildman–Crippen LogP) is -0.330. The first kappa shape index (κ1) is 13.0. The first-order valence-electron chi connectivity index (χ1n) is 5.72. The third-order valence-electron chi connectivity index (χ3n) is 2.46. The molecular formula is C11H22N4O. The number of guanidine groups is 1. The van der Waals surface area contributed by atoms with Gasteiger partial charge in [-0.05, 0) is 0 Å². The van der Waals surface area contributed by atoms with Gasteiger partial charge in [-0.15, -0.1) is 6.58 Å². The summed E-state index contributed by atoms with van der Waals surface area (Å²) in [5.74, 6) is 0.827. The molecule has 5 heteroatoms. The van der Waals surface area contributed by atoms with Crippen molar-refractivity contribution in [2.24, 2.45) is 4.99 Å². The summed E-state index contributed by atoms with van der Waals surface area (Å²) in [6.07, 6.45) is 1.81. The molecule has 1 aliphatic rings. The first-order valence-corrected chi connectivity index (χ1v) is 5.72. The molecule has 5 nitrogen and oxygen atoms in total. The van der Waals surface area contributed by atoms with Crippen molar-refractivity contribution < 1.29 is 4.74 Å². The van der Waals surface area contributed by atoms with E-state index in [-0.39, 0.29) is 0 Å². The van der Waals surface area contributed by atoms with Crippen molar-refractivity contribution in [1.29, 1.82) is 0 Å². The average molecular weight is 226 g/mol. The maximum atomic E-state index is 5.29. The van der Waals surface area contributed by atoms with Crippen LogP contribution in [0.3, 0.4) is 0 Å². The van der Waals surface area contributed by atoms with Crippen molar-refractivity contribution in [2.75, 3.05) is 53.0 Å². The van der Waals surface area contributed by atoms with Gasteiger partial charge in [-0.1, -0.05) is 6.08 Å². The number of hydrogen-bond donors (Lipinski definition) is 2. The summed E-state index contributed by atoms with van der Waals surface area (Å²) in [6.45, 7) is 10.1. The maximum Gasteiger partial charge on any atom is 0.191 e. The molecule has 0 unspecified atom stereocenters. The lowest BCUT2D eigenvalue weighted by Gasteiger charge is -2.26. The highest BCUT2D eigenvalue weighted by molar-refractivity contribution is 5.79. The summed E-state index contributed by atoms with van der Waals surface area (Å²) >= 11 is 0. The molecule has 0 spiro atoms. The molecule has 0 atom stereocenters. The summed E-state index contributed by atoms with van der Waals surface area (Å²) in [5, 5.41) is 6.39. The highest BCUT2D eigenvalue weighted by Crippen LogP contribution is 1.94. The quantitative estimate of drug-likeness (QED) is 0.383. The van der Waals surface area contributed by atoms with E-state index >= 15 is 0 Å². The first-order chi connectivity index (χ1) is 7.86. The normalized spacial score (nSPS) is 18.2. The van der Waals surface area contributed by atoms with Crippen LogP contribution in [-0.4, -0.2) is 63.8 Å². The maximum absolute atomic E-state index is 5.29. The van der Waals surface area contributed by atoms with Gasteiger partial charge in [-0.3, -0.25) is 9.89 Å². The number of nitrogens with one attached hydrogen (secondary N) is 2. The molecule has 1 saturated heterocycles. The van der Waals surface area contributed by atoms with Gasteiger partial charge in [0.25, 0.3) is 0 Å². The van der Waals surface area contributed by atoms with Gasteiger partial charge in [0.1, 0.15) is 0 Å². The largest absolute Gasteiger partial charge is 0.379 e. The summed E-state index contributed by atoms with van der Waals surface area (Å²) in [4.78, 5) is 6.50. The fourth-order valence-corrected chi connectivity index (χ4v) is 1.55. The molecule has 0 aliphatic carbocycles. The zero-order valence-electron chi connectivity index (χ0n) is 10.0. The number of morpholine rings is 1. The van der Waals surface area contributed by atoms with E-state index in [0.29, 0.717) is 0 Å². The summed E-state index contributed by atoms with van der Waals surface area (Å²) in [6, 6.07) is 0. The minimum Gasteiger partial charge on any atom is -0.379 e. The summed E-state index contributed by atoms with van der Waals surface area (Å²) in [7, 11) is 1.77. The Kier molecular flexibility index (Phi) is 6.60. The molecule has 1 rings (SSSR count). The van der Waals surface area contributed by atoms with Crippen LogP contribution in [0.1, 0.15) is 0 Å². The molecule has 2 N–H and O–H groups in total. The SMILES string of the molecule is C=CCNC(=NC)NCCN1CCOCC1. The van der Waals surface area contributed by atoms with Crippen molar-refractivity contribution in [1.82, 2.24) is 15.5 Å². The standard InChI is InChI=1S/C11H22N4O/c1-3-4-13-11(12-2)14-5-6-15-7-9-16-10-8-15/h3H,1,4-10H2,2H3,(H2,12,13,14). The molecule has 0 aromatic heterocycles. The smallest absolute Gasteiger partial charge is 0.191 e. The van der Waals surface area contributed by atoms with Crippen LogP contribution in [0.2, 0.25) is 0 Å². The molecule has 0 radical (unpaired) electrons. The average Bonchev–Trinajstić information content (AvgIpc) is 2.35. The number of hydrogen-bond acceptors (Lipinski definition) is 3. The lowest BCUT2D eigenvalue weighted by molar-refractivity contribution is 0.0389. The highest BCUT2D eigenvalue weighted by Gasteiger charge is 2.09. The lowest BCUT2D eigenvalue weighted by Crippen LogP contribution is -2.44. The van der Waals surface area contributed by atoms with Crippen LogP contribution in [0.15, 0.2) is 17.6 Å². The fraction of sp³-hybridized carbons (Fsp3) is 0.727. The van der Waals surface area contributed by atoms with Gasteiger partial charge in [0, 0.05) is 39.8 Å². The van der Waals surface area contributed by atoms with Crippen LogP contribution in [0.5, 0.6) is 0 Å². The Morgan fingerprint density at radius 1 is 1.44 bits per heavy atom. The van der Waals surface area contributed by atoms with Crippen LogP contribution in [-0.2, 0) is 4.74 Å². The molecule has 0 amide bonds. The van der Waals surface area contributed by atoms with Gasteiger partial charge in [0.05, 0.1) is 13.2 Å². The third kappa shape index (κ3) is 5.14.